The first kappa shape index (κ1) is 17.2. The zero-order valence-corrected chi connectivity index (χ0v) is 15.4. The van der Waals surface area contributed by atoms with Crippen LogP contribution in [0.2, 0.25) is 0 Å². The van der Waals surface area contributed by atoms with E-state index < -0.39 is 0 Å². The van der Waals surface area contributed by atoms with Crippen LogP contribution in [0, 0.1) is 0 Å². The van der Waals surface area contributed by atoms with E-state index in [1.54, 1.807) is 29.6 Å². The number of aromatic nitrogens is 2. The van der Waals surface area contributed by atoms with Crippen molar-refractivity contribution in [1.29, 1.82) is 0 Å². The van der Waals surface area contributed by atoms with Crippen molar-refractivity contribution in [3.63, 3.8) is 0 Å². The third-order valence-corrected chi connectivity index (χ3v) is 4.99. The lowest BCUT2D eigenvalue weighted by Crippen LogP contribution is -2.29. The Labute approximate surface area is 159 Å². The van der Waals surface area contributed by atoms with Gasteiger partial charge in [-0.15, -0.1) is 0 Å². The van der Waals surface area contributed by atoms with Crippen molar-refractivity contribution in [2.75, 3.05) is 25.0 Å². The van der Waals surface area contributed by atoms with Crippen LogP contribution in [0.25, 0.3) is 0 Å². The minimum atomic E-state index is 0.0141. The summed E-state index contributed by atoms with van der Waals surface area (Å²) in [5.74, 6) is 0.841. The molecule has 2 aromatic heterocycles. The van der Waals surface area contributed by atoms with E-state index in [0.29, 0.717) is 12.1 Å². The molecule has 0 spiro atoms. The average molecular weight is 358 g/mol. The number of carbonyl (C=O) groups is 1. The van der Waals surface area contributed by atoms with Crippen molar-refractivity contribution in [2.24, 2.45) is 0 Å². The minimum Gasteiger partial charge on any atom is -0.341 e. The first-order valence-corrected chi connectivity index (χ1v) is 9.18. The van der Waals surface area contributed by atoms with Crippen molar-refractivity contribution >= 4 is 17.4 Å². The fourth-order valence-corrected chi connectivity index (χ4v) is 3.44. The van der Waals surface area contributed by atoms with Crippen LogP contribution in [-0.4, -0.2) is 40.9 Å². The van der Waals surface area contributed by atoms with Gasteiger partial charge in [0, 0.05) is 50.0 Å². The zero-order chi connectivity index (χ0) is 18.6. The summed E-state index contributed by atoms with van der Waals surface area (Å²) in [5, 5.41) is 0. The fraction of sp³-hybridized carbons (Fsp3) is 0.227. The van der Waals surface area contributed by atoms with Gasteiger partial charge in [0.15, 0.2) is 0 Å². The molecule has 0 saturated heterocycles. The van der Waals surface area contributed by atoms with E-state index in [1.165, 1.54) is 16.8 Å². The molecule has 0 N–H and O–H groups in total. The Morgan fingerprint density at radius 2 is 1.93 bits per heavy atom. The lowest BCUT2D eigenvalue weighted by Gasteiger charge is -2.21. The van der Waals surface area contributed by atoms with Crippen molar-refractivity contribution in [3.05, 3.63) is 83.8 Å². The van der Waals surface area contributed by atoms with Crippen LogP contribution in [0.3, 0.4) is 0 Å². The van der Waals surface area contributed by atoms with Crippen molar-refractivity contribution in [2.45, 2.75) is 12.8 Å². The number of carbonyl (C=O) groups excluding carboxylic acids is 1. The third-order valence-electron chi connectivity index (χ3n) is 4.99. The number of benzene rings is 1. The summed E-state index contributed by atoms with van der Waals surface area (Å²) in [5.41, 5.74) is 4.35. The molecule has 0 bridgehead atoms. The molecular weight excluding hydrogens is 336 g/mol. The van der Waals surface area contributed by atoms with Crippen LogP contribution in [0.4, 0.5) is 11.5 Å². The number of anilines is 2. The predicted molar refractivity (Wildman–Crippen MR) is 106 cm³/mol. The molecule has 136 valence electrons. The Kier molecular flexibility index (Phi) is 4.83. The highest BCUT2D eigenvalue weighted by molar-refractivity contribution is 5.95. The van der Waals surface area contributed by atoms with Gasteiger partial charge in [-0.3, -0.25) is 9.78 Å². The van der Waals surface area contributed by atoms with Gasteiger partial charge in [0.2, 0.25) is 0 Å². The van der Waals surface area contributed by atoms with Crippen LogP contribution in [0.15, 0.2) is 67.1 Å². The Bertz CT molecular complexity index is 942. The molecule has 1 amide bonds. The summed E-state index contributed by atoms with van der Waals surface area (Å²) in [6.07, 6.45) is 7.09. The van der Waals surface area contributed by atoms with E-state index in [-0.39, 0.29) is 5.91 Å². The van der Waals surface area contributed by atoms with Crippen molar-refractivity contribution < 1.29 is 4.79 Å². The highest BCUT2D eigenvalue weighted by Crippen LogP contribution is 2.33. The van der Waals surface area contributed by atoms with Gasteiger partial charge in [0.05, 0.1) is 0 Å². The lowest BCUT2D eigenvalue weighted by atomic mass is 10.1. The summed E-state index contributed by atoms with van der Waals surface area (Å²) in [7, 11) is 1.84. The van der Waals surface area contributed by atoms with Crippen molar-refractivity contribution in [1.82, 2.24) is 14.9 Å². The molecule has 1 aromatic carbocycles. The molecule has 27 heavy (non-hydrogen) atoms. The molecule has 0 fully saturated rings. The van der Waals surface area contributed by atoms with Gasteiger partial charge in [0.1, 0.15) is 5.82 Å². The first-order chi connectivity index (χ1) is 13.2. The van der Waals surface area contributed by atoms with E-state index in [2.05, 4.69) is 33.1 Å². The molecule has 0 atom stereocenters. The van der Waals surface area contributed by atoms with E-state index >= 15 is 0 Å². The maximum Gasteiger partial charge on any atom is 0.253 e. The van der Waals surface area contributed by atoms with E-state index in [1.807, 2.05) is 31.3 Å². The molecule has 3 aromatic rings. The zero-order valence-electron chi connectivity index (χ0n) is 15.4. The van der Waals surface area contributed by atoms with E-state index in [0.717, 1.165) is 25.2 Å². The highest BCUT2D eigenvalue weighted by Gasteiger charge is 2.22. The van der Waals surface area contributed by atoms with E-state index in [4.69, 9.17) is 0 Å². The largest absolute Gasteiger partial charge is 0.341 e. The third kappa shape index (κ3) is 3.67. The number of para-hydroxylation sites is 1. The molecule has 5 nitrogen and oxygen atoms in total. The van der Waals surface area contributed by atoms with Crippen LogP contribution >= 0.6 is 0 Å². The average Bonchev–Trinajstić information content (AvgIpc) is 3.16. The van der Waals surface area contributed by atoms with Gasteiger partial charge in [0.25, 0.3) is 5.91 Å². The second-order valence-electron chi connectivity index (χ2n) is 6.77. The second kappa shape index (κ2) is 7.58. The quantitative estimate of drug-likeness (QED) is 0.701. The number of hydrogen-bond donors (Lipinski definition) is 0. The maximum atomic E-state index is 12.8. The normalized spacial score (nSPS) is 12.7. The molecule has 0 unspecified atom stereocenters. The number of fused-ring (bicyclic) bond motifs is 1. The summed E-state index contributed by atoms with van der Waals surface area (Å²) < 4.78 is 0. The van der Waals surface area contributed by atoms with Crippen LogP contribution < -0.4 is 4.90 Å². The van der Waals surface area contributed by atoms with Crippen molar-refractivity contribution in [3.8, 4) is 0 Å². The lowest BCUT2D eigenvalue weighted by molar-refractivity contribution is 0.0796. The second-order valence-corrected chi connectivity index (χ2v) is 6.77. The molecule has 0 aliphatic carbocycles. The Morgan fingerprint density at radius 3 is 2.78 bits per heavy atom. The van der Waals surface area contributed by atoms with Crippen LogP contribution in [-0.2, 0) is 12.8 Å². The number of hydrogen-bond acceptors (Lipinski definition) is 4. The SMILES string of the molecule is CN(CCc1ccncc1)C(=O)c1ccnc(N2CCc3ccccc32)c1. The summed E-state index contributed by atoms with van der Waals surface area (Å²) in [4.78, 5) is 25.3. The van der Waals surface area contributed by atoms with E-state index in [9.17, 15) is 4.79 Å². The van der Waals surface area contributed by atoms with Gasteiger partial charge in [-0.2, -0.15) is 0 Å². The Hall–Kier alpha value is -3.21. The molecular formula is C22H22N4O. The number of rotatable bonds is 5. The molecule has 0 radical (unpaired) electrons. The standard InChI is InChI=1S/C22H22N4O/c1-25(14-9-17-6-11-23-12-7-17)22(27)19-8-13-24-21(16-19)26-15-10-18-4-2-3-5-20(18)26/h2-8,11-13,16H,9-10,14-15H2,1H3. The summed E-state index contributed by atoms with van der Waals surface area (Å²) in [6.45, 7) is 1.55. The Morgan fingerprint density at radius 1 is 1.11 bits per heavy atom. The molecule has 5 heteroatoms. The van der Waals surface area contributed by atoms with Gasteiger partial charge in [-0.25, -0.2) is 4.98 Å². The van der Waals surface area contributed by atoms with Gasteiger partial charge >= 0.3 is 0 Å². The van der Waals surface area contributed by atoms with Crippen LogP contribution in [0.5, 0.6) is 0 Å². The van der Waals surface area contributed by atoms with Gasteiger partial charge in [-0.05, 0) is 54.3 Å². The topological polar surface area (TPSA) is 49.3 Å². The smallest absolute Gasteiger partial charge is 0.253 e. The summed E-state index contributed by atoms with van der Waals surface area (Å²) >= 11 is 0. The van der Waals surface area contributed by atoms with Gasteiger partial charge in [-0.1, -0.05) is 18.2 Å². The maximum absolute atomic E-state index is 12.8. The molecule has 1 aliphatic heterocycles. The molecule has 0 saturated carbocycles. The van der Waals surface area contributed by atoms with Gasteiger partial charge < -0.3 is 9.80 Å². The summed E-state index contributed by atoms with van der Waals surface area (Å²) in [6, 6.07) is 16.0. The Balaban J connectivity index is 1.48. The van der Waals surface area contributed by atoms with Crippen LogP contribution in [0.1, 0.15) is 21.5 Å². The number of nitrogens with zero attached hydrogens (tertiary/aromatic N) is 4. The number of likely N-dealkylation sites (N-methyl/N-ethyl adjacent to an activating group) is 1. The first-order valence-electron chi connectivity index (χ1n) is 9.18. The number of amides is 1. The molecule has 3 heterocycles. The molecule has 4 rings (SSSR count). The monoisotopic (exact) mass is 358 g/mol. The predicted octanol–water partition coefficient (Wildman–Crippen LogP) is 3.49. The minimum absolute atomic E-state index is 0.0141. The highest BCUT2D eigenvalue weighted by atomic mass is 16.2. The fourth-order valence-electron chi connectivity index (χ4n) is 3.44. The molecule has 1 aliphatic rings. The number of pyridine rings is 2.